The summed E-state index contributed by atoms with van der Waals surface area (Å²) in [7, 11) is 0. The third-order valence-corrected chi connectivity index (χ3v) is 3.59. The molecule has 2 heterocycles. The number of hydrogen-bond acceptors (Lipinski definition) is 4. The fraction of sp³-hybridized carbons (Fsp3) is 0.364. The summed E-state index contributed by atoms with van der Waals surface area (Å²) in [4.78, 5) is 15.8. The minimum absolute atomic E-state index is 0.00697. The molecule has 2 aromatic rings. The molecule has 0 aliphatic rings. The van der Waals surface area contributed by atoms with Crippen LogP contribution in [0.2, 0.25) is 10.2 Å². The molecule has 0 spiro atoms. The topological polar surface area (TPSA) is 78.7 Å². The molecule has 19 heavy (non-hydrogen) atoms. The Bertz CT molecular complexity index is 676. The number of rotatable bonds is 3. The van der Waals surface area contributed by atoms with Crippen molar-refractivity contribution < 1.29 is 0 Å². The first-order valence-electron chi connectivity index (χ1n) is 5.67. The van der Waals surface area contributed by atoms with Gasteiger partial charge in [0.1, 0.15) is 5.69 Å². The lowest BCUT2D eigenvalue weighted by molar-refractivity contribution is 0.589. The standard InChI is InChI=1S/C11H13Cl2N5O/c1-3-18-7(8(12)6(2)16-18)4-17-5-15-10(13)9(14)11(17)19/h5H,3-4,14H2,1-2H3. The SMILES string of the molecule is CCn1nc(C)c(Cl)c1Cn1cnc(Cl)c(N)c1=O. The summed E-state index contributed by atoms with van der Waals surface area (Å²) in [5.41, 5.74) is 6.57. The normalized spacial score (nSPS) is 10.9. The summed E-state index contributed by atoms with van der Waals surface area (Å²) in [5.74, 6) is 0. The van der Waals surface area contributed by atoms with Crippen LogP contribution in [0.3, 0.4) is 0 Å². The first-order chi connectivity index (χ1) is 8.95. The zero-order valence-corrected chi connectivity index (χ0v) is 12.0. The first kappa shape index (κ1) is 13.9. The van der Waals surface area contributed by atoms with Crippen LogP contribution in [0.15, 0.2) is 11.1 Å². The van der Waals surface area contributed by atoms with Crippen LogP contribution in [-0.2, 0) is 13.1 Å². The summed E-state index contributed by atoms with van der Waals surface area (Å²) in [5, 5.41) is 4.84. The molecule has 8 heteroatoms. The van der Waals surface area contributed by atoms with Crippen molar-refractivity contribution in [2.24, 2.45) is 0 Å². The van der Waals surface area contributed by atoms with Gasteiger partial charge >= 0.3 is 0 Å². The Morgan fingerprint density at radius 1 is 1.42 bits per heavy atom. The van der Waals surface area contributed by atoms with E-state index in [0.29, 0.717) is 11.6 Å². The van der Waals surface area contributed by atoms with Crippen molar-refractivity contribution >= 4 is 28.9 Å². The Morgan fingerprint density at radius 3 is 2.74 bits per heavy atom. The van der Waals surface area contributed by atoms with E-state index in [4.69, 9.17) is 28.9 Å². The molecule has 0 atom stereocenters. The van der Waals surface area contributed by atoms with Gasteiger partial charge in [-0.05, 0) is 13.8 Å². The molecule has 0 amide bonds. The summed E-state index contributed by atoms with van der Waals surface area (Å²) in [6.07, 6.45) is 1.35. The molecule has 0 unspecified atom stereocenters. The van der Waals surface area contributed by atoms with E-state index in [1.165, 1.54) is 10.9 Å². The number of hydrogen-bond donors (Lipinski definition) is 1. The minimum Gasteiger partial charge on any atom is -0.392 e. The van der Waals surface area contributed by atoms with Crippen LogP contribution in [0.25, 0.3) is 0 Å². The molecule has 102 valence electrons. The first-order valence-corrected chi connectivity index (χ1v) is 6.43. The molecule has 2 aromatic heterocycles. The maximum atomic E-state index is 12.0. The number of nitrogens with zero attached hydrogens (tertiary/aromatic N) is 4. The zero-order chi connectivity index (χ0) is 14.2. The van der Waals surface area contributed by atoms with Crippen LogP contribution in [-0.4, -0.2) is 19.3 Å². The van der Waals surface area contributed by atoms with Crippen LogP contribution in [0.1, 0.15) is 18.3 Å². The van der Waals surface area contributed by atoms with Crippen LogP contribution < -0.4 is 11.3 Å². The largest absolute Gasteiger partial charge is 0.392 e. The molecule has 0 bridgehead atoms. The highest BCUT2D eigenvalue weighted by Gasteiger charge is 2.15. The van der Waals surface area contributed by atoms with Crippen molar-refractivity contribution in [3.05, 3.63) is 38.2 Å². The highest BCUT2D eigenvalue weighted by molar-refractivity contribution is 6.32. The Balaban J connectivity index is 2.48. The van der Waals surface area contributed by atoms with Gasteiger partial charge < -0.3 is 5.73 Å². The van der Waals surface area contributed by atoms with E-state index in [2.05, 4.69) is 10.1 Å². The van der Waals surface area contributed by atoms with E-state index in [-0.39, 0.29) is 17.4 Å². The smallest absolute Gasteiger partial charge is 0.278 e. The molecule has 0 radical (unpaired) electrons. The number of anilines is 1. The van der Waals surface area contributed by atoms with Gasteiger partial charge in [-0.2, -0.15) is 5.10 Å². The molecule has 0 aromatic carbocycles. The lowest BCUT2D eigenvalue weighted by Crippen LogP contribution is -2.25. The lowest BCUT2D eigenvalue weighted by Gasteiger charge is -2.09. The third kappa shape index (κ3) is 2.46. The van der Waals surface area contributed by atoms with E-state index in [1.54, 1.807) is 4.68 Å². The number of nitrogen functional groups attached to an aromatic ring is 1. The molecule has 0 aliphatic carbocycles. The average Bonchev–Trinajstić information content (AvgIpc) is 2.66. The van der Waals surface area contributed by atoms with E-state index >= 15 is 0 Å². The second-order valence-corrected chi connectivity index (χ2v) is 4.78. The van der Waals surface area contributed by atoms with Crippen molar-refractivity contribution in [2.75, 3.05) is 5.73 Å². The van der Waals surface area contributed by atoms with Crippen molar-refractivity contribution in [2.45, 2.75) is 26.9 Å². The molecule has 0 saturated carbocycles. The van der Waals surface area contributed by atoms with Crippen LogP contribution in [0, 0.1) is 6.92 Å². The number of nitrogens with two attached hydrogens (primary N) is 1. The van der Waals surface area contributed by atoms with Crippen molar-refractivity contribution in [1.29, 1.82) is 0 Å². The van der Waals surface area contributed by atoms with Gasteiger partial charge in [-0.15, -0.1) is 0 Å². The second-order valence-electron chi connectivity index (χ2n) is 4.04. The van der Waals surface area contributed by atoms with Gasteiger partial charge in [0.15, 0.2) is 5.15 Å². The third-order valence-electron chi connectivity index (χ3n) is 2.80. The fourth-order valence-corrected chi connectivity index (χ4v) is 2.10. The molecule has 2 N–H and O–H groups in total. The predicted molar refractivity (Wildman–Crippen MR) is 74.7 cm³/mol. The summed E-state index contributed by atoms with van der Waals surface area (Å²) < 4.78 is 3.10. The van der Waals surface area contributed by atoms with Crippen LogP contribution in [0.5, 0.6) is 0 Å². The lowest BCUT2D eigenvalue weighted by atomic mass is 10.3. The molecule has 0 aliphatic heterocycles. The predicted octanol–water partition coefficient (Wildman–Crippen LogP) is 1.71. The number of aryl methyl sites for hydroxylation is 2. The maximum absolute atomic E-state index is 12.0. The minimum atomic E-state index is -0.391. The molecular weight excluding hydrogens is 289 g/mol. The van der Waals surface area contributed by atoms with Gasteiger partial charge in [-0.3, -0.25) is 14.0 Å². The van der Waals surface area contributed by atoms with Gasteiger partial charge in [0.2, 0.25) is 0 Å². The molecule has 6 nitrogen and oxygen atoms in total. The maximum Gasteiger partial charge on any atom is 0.278 e. The van der Waals surface area contributed by atoms with Crippen molar-refractivity contribution in [1.82, 2.24) is 19.3 Å². The van der Waals surface area contributed by atoms with Gasteiger partial charge in [0, 0.05) is 6.54 Å². The quantitative estimate of drug-likeness (QED) is 0.875. The van der Waals surface area contributed by atoms with Gasteiger partial charge in [-0.25, -0.2) is 4.98 Å². The highest BCUT2D eigenvalue weighted by Crippen LogP contribution is 2.21. The van der Waals surface area contributed by atoms with E-state index in [0.717, 1.165) is 11.4 Å². The van der Waals surface area contributed by atoms with Crippen LogP contribution >= 0.6 is 23.2 Å². The van der Waals surface area contributed by atoms with E-state index in [1.807, 2.05) is 13.8 Å². The summed E-state index contributed by atoms with van der Waals surface area (Å²) >= 11 is 11.9. The summed E-state index contributed by atoms with van der Waals surface area (Å²) in [6, 6.07) is 0. The molecule has 0 fully saturated rings. The van der Waals surface area contributed by atoms with Crippen molar-refractivity contribution in [3.63, 3.8) is 0 Å². The fourth-order valence-electron chi connectivity index (χ4n) is 1.78. The van der Waals surface area contributed by atoms with Crippen molar-refractivity contribution in [3.8, 4) is 0 Å². The summed E-state index contributed by atoms with van der Waals surface area (Å²) in [6.45, 7) is 4.67. The molecular formula is C11H13Cl2N5O. The Labute approximate surface area is 119 Å². The van der Waals surface area contributed by atoms with Crippen LogP contribution in [0.4, 0.5) is 5.69 Å². The zero-order valence-electron chi connectivity index (χ0n) is 10.5. The highest BCUT2D eigenvalue weighted by atomic mass is 35.5. The average molecular weight is 302 g/mol. The molecule has 0 saturated heterocycles. The molecule has 2 rings (SSSR count). The van der Waals surface area contributed by atoms with E-state index in [9.17, 15) is 4.79 Å². The van der Waals surface area contributed by atoms with Gasteiger partial charge in [-0.1, -0.05) is 23.2 Å². The Hall–Kier alpha value is -1.53. The second kappa shape index (κ2) is 5.22. The number of aromatic nitrogens is 4. The van der Waals surface area contributed by atoms with Gasteiger partial charge in [0.05, 0.1) is 29.3 Å². The number of halogens is 2. The Morgan fingerprint density at radius 2 is 2.11 bits per heavy atom. The van der Waals surface area contributed by atoms with E-state index < -0.39 is 5.56 Å². The monoisotopic (exact) mass is 301 g/mol. The Kier molecular flexibility index (Phi) is 3.82. The van der Waals surface area contributed by atoms with Gasteiger partial charge in [0.25, 0.3) is 5.56 Å².